The molecule has 4 aliphatic carbocycles. The lowest BCUT2D eigenvalue weighted by Gasteiger charge is -2.65. The van der Waals surface area contributed by atoms with Crippen LogP contribution in [0.25, 0.3) is 0 Å². The first kappa shape index (κ1) is 15.6. The number of carbonyl (C=O) groups excluding carboxylic acids is 1. The molecule has 0 aromatic carbocycles. The molecule has 0 aliphatic heterocycles. The molecule has 3 heteroatoms. The maximum atomic E-state index is 12.7. The van der Waals surface area contributed by atoms with Gasteiger partial charge in [-0.15, -0.1) is 11.6 Å². The lowest BCUT2D eigenvalue weighted by molar-refractivity contribution is -0.161. The third kappa shape index (κ3) is 2.73. The number of carbonyl (C=O) groups is 1. The standard InChI is InChI=1S/C18H30ClNO/c1-13(9-19)20(4)15(21)8-18-7-14-5-16(2,11-18)10-17(3,6-14)12-18/h13-14H,5-12H2,1-4H3. The molecular formula is C18H30ClNO. The summed E-state index contributed by atoms with van der Waals surface area (Å²) in [6.07, 6.45) is 8.72. The Balaban J connectivity index is 1.77. The minimum atomic E-state index is 0.138. The second-order valence-electron chi connectivity index (χ2n) is 9.31. The first-order valence-corrected chi connectivity index (χ1v) is 9.03. The van der Waals surface area contributed by atoms with E-state index in [1.54, 1.807) is 0 Å². The number of nitrogens with zero attached hydrogens (tertiary/aromatic N) is 1. The van der Waals surface area contributed by atoms with Crippen molar-refractivity contribution in [1.82, 2.24) is 4.90 Å². The Hall–Kier alpha value is -0.240. The fourth-order valence-electron chi connectivity index (χ4n) is 6.68. The van der Waals surface area contributed by atoms with E-state index in [1.807, 2.05) is 18.9 Å². The Morgan fingerprint density at radius 1 is 1.19 bits per heavy atom. The SMILES string of the molecule is CC(CCl)N(C)C(=O)CC12CC3CC(C)(CC(C)(C3)C1)C2. The van der Waals surface area contributed by atoms with Crippen LogP contribution < -0.4 is 0 Å². The molecule has 120 valence electrons. The van der Waals surface area contributed by atoms with Crippen molar-refractivity contribution >= 4 is 17.5 Å². The maximum Gasteiger partial charge on any atom is 0.223 e. The second kappa shape index (κ2) is 4.88. The predicted molar refractivity (Wildman–Crippen MR) is 87.4 cm³/mol. The zero-order chi connectivity index (χ0) is 15.5. The van der Waals surface area contributed by atoms with Gasteiger partial charge in [0.15, 0.2) is 0 Å². The quantitative estimate of drug-likeness (QED) is 0.702. The summed E-state index contributed by atoms with van der Waals surface area (Å²) >= 11 is 5.92. The lowest BCUT2D eigenvalue weighted by Crippen LogP contribution is -2.56. The molecule has 4 aliphatic rings. The lowest BCUT2D eigenvalue weighted by atomic mass is 9.40. The molecule has 21 heavy (non-hydrogen) atoms. The van der Waals surface area contributed by atoms with Gasteiger partial charge in [-0.25, -0.2) is 0 Å². The van der Waals surface area contributed by atoms with Crippen molar-refractivity contribution in [1.29, 1.82) is 0 Å². The van der Waals surface area contributed by atoms with Crippen LogP contribution in [0, 0.1) is 22.2 Å². The van der Waals surface area contributed by atoms with Gasteiger partial charge < -0.3 is 4.90 Å². The van der Waals surface area contributed by atoms with E-state index in [2.05, 4.69) is 13.8 Å². The molecule has 4 bridgehead atoms. The average Bonchev–Trinajstić information content (AvgIpc) is 2.31. The summed E-state index contributed by atoms with van der Waals surface area (Å²) in [4.78, 5) is 14.6. The number of halogens is 1. The summed E-state index contributed by atoms with van der Waals surface area (Å²) in [5.74, 6) is 1.69. The summed E-state index contributed by atoms with van der Waals surface area (Å²) in [6.45, 7) is 6.98. The fourth-order valence-corrected chi connectivity index (χ4v) is 6.88. The van der Waals surface area contributed by atoms with Crippen molar-refractivity contribution in [2.24, 2.45) is 22.2 Å². The topological polar surface area (TPSA) is 20.3 Å². The summed E-state index contributed by atoms with van der Waals surface area (Å²) < 4.78 is 0. The molecular weight excluding hydrogens is 282 g/mol. The van der Waals surface area contributed by atoms with Crippen LogP contribution in [-0.2, 0) is 4.79 Å². The monoisotopic (exact) mass is 311 g/mol. The van der Waals surface area contributed by atoms with Crippen molar-refractivity contribution in [3.05, 3.63) is 0 Å². The molecule has 2 nitrogen and oxygen atoms in total. The predicted octanol–water partition coefficient (Wildman–Crippen LogP) is 4.46. The van der Waals surface area contributed by atoms with Gasteiger partial charge >= 0.3 is 0 Å². The Kier molecular flexibility index (Phi) is 3.63. The van der Waals surface area contributed by atoms with E-state index in [0.29, 0.717) is 22.6 Å². The van der Waals surface area contributed by atoms with Gasteiger partial charge in [-0.1, -0.05) is 13.8 Å². The van der Waals surface area contributed by atoms with Gasteiger partial charge in [0.25, 0.3) is 0 Å². The first-order valence-electron chi connectivity index (χ1n) is 8.50. The smallest absolute Gasteiger partial charge is 0.223 e. The summed E-state index contributed by atoms with van der Waals surface area (Å²) in [5, 5.41) is 0. The van der Waals surface area contributed by atoms with Gasteiger partial charge in [0, 0.05) is 25.4 Å². The number of amides is 1. The number of alkyl halides is 1. The molecule has 3 unspecified atom stereocenters. The highest BCUT2D eigenvalue weighted by atomic mass is 35.5. The molecule has 0 aromatic rings. The third-order valence-electron chi connectivity index (χ3n) is 6.55. The molecule has 0 spiro atoms. The van der Waals surface area contributed by atoms with E-state index in [4.69, 9.17) is 11.6 Å². The van der Waals surface area contributed by atoms with E-state index in [1.165, 1.54) is 38.5 Å². The van der Waals surface area contributed by atoms with Crippen LogP contribution in [0.3, 0.4) is 0 Å². The van der Waals surface area contributed by atoms with Crippen LogP contribution in [0.5, 0.6) is 0 Å². The van der Waals surface area contributed by atoms with Crippen molar-refractivity contribution in [2.75, 3.05) is 12.9 Å². The van der Waals surface area contributed by atoms with Crippen LogP contribution >= 0.6 is 11.6 Å². The van der Waals surface area contributed by atoms with Crippen LogP contribution in [0.4, 0.5) is 0 Å². The molecule has 0 radical (unpaired) electrons. The Morgan fingerprint density at radius 3 is 2.24 bits per heavy atom. The first-order chi connectivity index (χ1) is 9.68. The van der Waals surface area contributed by atoms with Gasteiger partial charge in [0.05, 0.1) is 0 Å². The van der Waals surface area contributed by atoms with Gasteiger partial charge in [-0.3, -0.25) is 4.79 Å². The van der Waals surface area contributed by atoms with Crippen LogP contribution in [0.1, 0.15) is 65.7 Å². The third-order valence-corrected chi connectivity index (χ3v) is 6.99. The maximum absolute atomic E-state index is 12.7. The Bertz CT molecular complexity index is 430. The largest absolute Gasteiger partial charge is 0.342 e. The van der Waals surface area contributed by atoms with Crippen molar-refractivity contribution in [3.8, 4) is 0 Å². The van der Waals surface area contributed by atoms with Crippen molar-refractivity contribution in [3.63, 3.8) is 0 Å². The number of hydrogen-bond donors (Lipinski definition) is 0. The molecule has 1 amide bonds. The average molecular weight is 312 g/mol. The van der Waals surface area contributed by atoms with E-state index in [0.717, 1.165) is 12.3 Å². The molecule has 0 saturated heterocycles. The fraction of sp³-hybridized carbons (Fsp3) is 0.944. The van der Waals surface area contributed by atoms with E-state index in [9.17, 15) is 4.79 Å². The van der Waals surface area contributed by atoms with E-state index < -0.39 is 0 Å². The minimum absolute atomic E-state index is 0.138. The molecule has 4 saturated carbocycles. The summed E-state index contributed by atoms with van der Waals surface area (Å²) in [7, 11) is 1.92. The van der Waals surface area contributed by atoms with E-state index in [-0.39, 0.29) is 11.5 Å². The zero-order valence-corrected chi connectivity index (χ0v) is 14.8. The number of hydrogen-bond acceptors (Lipinski definition) is 1. The molecule has 0 N–H and O–H groups in total. The normalized spacial score (nSPS) is 45.7. The van der Waals surface area contributed by atoms with Crippen LogP contribution in [0.2, 0.25) is 0 Å². The van der Waals surface area contributed by atoms with Crippen LogP contribution in [-0.4, -0.2) is 29.8 Å². The Labute approximate surface area is 134 Å². The van der Waals surface area contributed by atoms with Crippen molar-refractivity contribution < 1.29 is 4.79 Å². The molecule has 3 atom stereocenters. The summed E-state index contributed by atoms with van der Waals surface area (Å²) in [6, 6.07) is 0.138. The zero-order valence-electron chi connectivity index (χ0n) is 14.0. The molecule has 0 aromatic heterocycles. The molecule has 4 fully saturated rings. The number of rotatable bonds is 4. The highest BCUT2D eigenvalue weighted by Gasteiger charge is 2.60. The highest BCUT2D eigenvalue weighted by Crippen LogP contribution is 2.70. The van der Waals surface area contributed by atoms with Gasteiger partial charge in [-0.2, -0.15) is 0 Å². The second-order valence-corrected chi connectivity index (χ2v) is 9.62. The van der Waals surface area contributed by atoms with Gasteiger partial charge in [-0.05, 0) is 67.6 Å². The van der Waals surface area contributed by atoms with Crippen LogP contribution in [0.15, 0.2) is 0 Å². The molecule has 0 heterocycles. The minimum Gasteiger partial charge on any atom is -0.342 e. The van der Waals surface area contributed by atoms with Gasteiger partial charge in [0.1, 0.15) is 0 Å². The van der Waals surface area contributed by atoms with E-state index >= 15 is 0 Å². The Morgan fingerprint density at radius 2 is 1.76 bits per heavy atom. The highest BCUT2D eigenvalue weighted by molar-refractivity contribution is 6.18. The van der Waals surface area contributed by atoms with Gasteiger partial charge in [0.2, 0.25) is 5.91 Å². The summed E-state index contributed by atoms with van der Waals surface area (Å²) in [5.41, 5.74) is 1.26. The molecule has 4 rings (SSSR count). The van der Waals surface area contributed by atoms with Crippen molar-refractivity contribution in [2.45, 2.75) is 71.8 Å².